The number of carboxylic acids is 1. The number of hydrogen-bond donors (Lipinski definition) is 2. The van der Waals surface area contributed by atoms with Crippen LogP contribution in [0.1, 0.15) is 42.1 Å². The van der Waals surface area contributed by atoms with Crippen molar-refractivity contribution >= 4 is 11.9 Å². The van der Waals surface area contributed by atoms with Crippen LogP contribution >= 0.6 is 0 Å². The van der Waals surface area contributed by atoms with Crippen molar-refractivity contribution in [3.8, 4) is 0 Å². The number of rotatable bonds is 7. The topological polar surface area (TPSA) is 66.4 Å². The molecule has 1 atom stereocenters. The summed E-state index contributed by atoms with van der Waals surface area (Å²) in [4.78, 5) is 22.3. The second kappa shape index (κ2) is 7.62. The monoisotopic (exact) mass is 281 g/mol. The molecule has 110 valence electrons. The van der Waals surface area contributed by atoms with Gasteiger partial charge in [-0.05, 0) is 49.4 Å². The Hall–Kier alpha value is -1.91. The second-order valence-corrected chi connectivity index (χ2v) is 5.04. The number of aliphatic carboxylic acids is 1. The fourth-order valence-electron chi connectivity index (χ4n) is 1.92. The van der Waals surface area contributed by atoms with Crippen LogP contribution in [0.25, 0.3) is 0 Å². The van der Waals surface area contributed by atoms with E-state index in [0.29, 0.717) is 24.1 Å². The lowest BCUT2D eigenvalue weighted by Crippen LogP contribution is -2.26. The van der Waals surface area contributed by atoms with E-state index in [1.165, 1.54) is 18.2 Å². The van der Waals surface area contributed by atoms with Crippen molar-refractivity contribution in [2.75, 3.05) is 6.54 Å². The lowest BCUT2D eigenvalue weighted by molar-refractivity contribution is -0.137. The third-order valence-electron chi connectivity index (χ3n) is 3.21. The van der Waals surface area contributed by atoms with Gasteiger partial charge in [-0.1, -0.05) is 6.92 Å². The number of carboxylic acid groups (broad SMARTS) is 1. The molecule has 2 N–H and O–H groups in total. The lowest BCUT2D eigenvalue weighted by atomic mass is 10.0. The van der Waals surface area contributed by atoms with E-state index in [0.717, 1.165) is 6.42 Å². The summed E-state index contributed by atoms with van der Waals surface area (Å²) >= 11 is 0. The minimum Gasteiger partial charge on any atom is -0.481 e. The molecular weight excluding hydrogens is 261 g/mol. The summed E-state index contributed by atoms with van der Waals surface area (Å²) in [6.07, 6.45) is 1.46. The Bertz CT molecular complexity index is 488. The predicted molar refractivity (Wildman–Crippen MR) is 74.1 cm³/mol. The van der Waals surface area contributed by atoms with E-state index in [-0.39, 0.29) is 24.1 Å². The quantitative estimate of drug-likeness (QED) is 0.807. The minimum atomic E-state index is -0.803. The van der Waals surface area contributed by atoms with Gasteiger partial charge in [-0.3, -0.25) is 9.59 Å². The zero-order chi connectivity index (χ0) is 15.1. The average Bonchev–Trinajstić information content (AvgIpc) is 2.36. The molecule has 0 bridgehead atoms. The Labute approximate surface area is 118 Å². The van der Waals surface area contributed by atoms with Crippen LogP contribution in [0.15, 0.2) is 18.2 Å². The Morgan fingerprint density at radius 3 is 2.65 bits per heavy atom. The Morgan fingerprint density at radius 1 is 1.35 bits per heavy atom. The zero-order valence-corrected chi connectivity index (χ0v) is 11.8. The van der Waals surface area contributed by atoms with Crippen molar-refractivity contribution in [3.05, 3.63) is 35.1 Å². The van der Waals surface area contributed by atoms with Gasteiger partial charge in [0.15, 0.2) is 0 Å². The molecule has 0 radical (unpaired) electrons. The minimum absolute atomic E-state index is 0.145. The molecule has 1 amide bonds. The van der Waals surface area contributed by atoms with Gasteiger partial charge in [0.2, 0.25) is 0 Å². The van der Waals surface area contributed by atoms with Crippen LogP contribution in [0.2, 0.25) is 0 Å². The second-order valence-electron chi connectivity index (χ2n) is 5.04. The van der Waals surface area contributed by atoms with E-state index in [1.54, 1.807) is 6.92 Å². The number of carbonyl (C=O) groups is 2. The van der Waals surface area contributed by atoms with Gasteiger partial charge in [-0.25, -0.2) is 4.39 Å². The third kappa shape index (κ3) is 5.38. The number of carbonyl (C=O) groups excluding carboxylic acids is 1. The van der Waals surface area contributed by atoms with Crippen molar-refractivity contribution in [2.24, 2.45) is 5.92 Å². The van der Waals surface area contributed by atoms with Crippen LogP contribution < -0.4 is 5.32 Å². The maximum Gasteiger partial charge on any atom is 0.303 e. The number of benzene rings is 1. The van der Waals surface area contributed by atoms with Gasteiger partial charge < -0.3 is 10.4 Å². The molecule has 1 unspecified atom stereocenters. The van der Waals surface area contributed by atoms with Gasteiger partial charge in [0, 0.05) is 18.5 Å². The first-order chi connectivity index (χ1) is 9.40. The Balaban J connectivity index is 2.38. The normalized spacial score (nSPS) is 11.9. The number of aryl methyl sites for hydroxylation is 1. The molecule has 0 heterocycles. The van der Waals surface area contributed by atoms with Gasteiger partial charge >= 0.3 is 5.97 Å². The molecular formula is C15H20FNO3. The summed E-state index contributed by atoms with van der Waals surface area (Å²) < 4.78 is 12.9. The molecule has 0 aliphatic rings. The Kier molecular flexibility index (Phi) is 6.15. The molecule has 0 aliphatic heterocycles. The highest BCUT2D eigenvalue weighted by Gasteiger charge is 2.10. The van der Waals surface area contributed by atoms with Crippen molar-refractivity contribution in [1.82, 2.24) is 5.32 Å². The first-order valence-corrected chi connectivity index (χ1v) is 6.66. The highest BCUT2D eigenvalue weighted by atomic mass is 19.1. The molecule has 1 aromatic carbocycles. The molecule has 5 heteroatoms. The highest BCUT2D eigenvalue weighted by molar-refractivity contribution is 5.95. The van der Waals surface area contributed by atoms with Crippen LogP contribution in [-0.2, 0) is 4.79 Å². The number of halogens is 1. The SMILES string of the molecule is Cc1cc(F)ccc1C(=O)NCCC(C)CCC(=O)O. The van der Waals surface area contributed by atoms with Crippen LogP contribution in [0, 0.1) is 18.7 Å². The summed E-state index contributed by atoms with van der Waals surface area (Å²) in [6.45, 7) is 4.13. The molecule has 1 aromatic rings. The molecule has 4 nitrogen and oxygen atoms in total. The fourth-order valence-corrected chi connectivity index (χ4v) is 1.92. The van der Waals surface area contributed by atoms with E-state index in [2.05, 4.69) is 5.32 Å². The van der Waals surface area contributed by atoms with E-state index in [9.17, 15) is 14.0 Å². The van der Waals surface area contributed by atoms with Crippen LogP contribution in [0.4, 0.5) is 4.39 Å². The number of amides is 1. The van der Waals surface area contributed by atoms with Gasteiger partial charge in [0.25, 0.3) is 5.91 Å². The standard InChI is InChI=1S/C15H20FNO3/c1-10(3-6-14(18)19)7-8-17-15(20)13-5-4-12(16)9-11(13)2/h4-5,9-10H,3,6-8H2,1-2H3,(H,17,20)(H,18,19). The van der Waals surface area contributed by atoms with E-state index >= 15 is 0 Å². The average molecular weight is 281 g/mol. The van der Waals surface area contributed by atoms with Gasteiger partial charge in [0.1, 0.15) is 5.82 Å². The summed E-state index contributed by atoms with van der Waals surface area (Å²) in [5.74, 6) is -1.15. The van der Waals surface area contributed by atoms with Gasteiger partial charge in [-0.2, -0.15) is 0 Å². The van der Waals surface area contributed by atoms with Gasteiger partial charge in [0.05, 0.1) is 0 Å². The zero-order valence-electron chi connectivity index (χ0n) is 11.8. The summed E-state index contributed by atoms with van der Waals surface area (Å²) in [5.41, 5.74) is 1.06. The van der Waals surface area contributed by atoms with Crippen LogP contribution in [0.3, 0.4) is 0 Å². The summed E-state index contributed by atoms with van der Waals surface area (Å²) in [7, 11) is 0. The van der Waals surface area contributed by atoms with Gasteiger partial charge in [-0.15, -0.1) is 0 Å². The molecule has 0 aliphatic carbocycles. The number of hydrogen-bond acceptors (Lipinski definition) is 2. The predicted octanol–water partition coefficient (Wildman–Crippen LogP) is 2.75. The fraction of sp³-hybridized carbons (Fsp3) is 0.467. The maximum atomic E-state index is 12.9. The molecule has 20 heavy (non-hydrogen) atoms. The van der Waals surface area contributed by atoms with Crippen LogP contribution in [-0.4, -0.2) is 23.5 Å². The van der Waals surface area contributed by atoms with E-state index in [4.69, 9.17) is 5.11 Å². The third-order valence-corrected chi connectivity index (χ3v) is 3.21. The summed E-state index contributed by atoms with van der Waals surface area (Å²) in [6, 6.07) is 4.05. The smallest absolute Gasteiger partial charge is 0.303 e. The van der Waals surface area contributed by atoms with Crippen molar-refractivity contribution < 1.29 is 19.1 Å². The molecule has 0 fully saturated rings. The first-order valence-electron chi connectivity index (χ1n) is 6.66. The number of nitrogens with one attached hydrogen (secondary N) is 1. The summed E-state index contributed by atoms with van der Waals surface area (Å²) in [5, 5.41) is 11.3. The van der Waals surface area contributed by atoms with Crippen molar-refractivity contribution in [3.63, 3.8) is 0 Å². The van der Waals surface area contributed by atoms with E-state index < -0.39 is 5.97 Å². The molecule has 0 spiro atoms. The van der Waals surface area contributed by atoms with E-state index in [1.807, 2.05) is 6.92 Å². The Morgan fingerprint density at radius 2 is 2.05 bits per heavy atom. The lowest BCUT2D eigenvalue weighted by Gasteiger charge is -2.11. The molecule has 0 saturated carbocycles. The highest BCUT2D eigenvalue weighted by Crippen LogP contribution is 2.11. The molecule has 0 aromatic heterocycles. The largest absolute Gasteiger partial charge is 0.481 e. The molecule has 1 rings (SSSR count). The van der Waals surface area contributed by atoms with Crippen molar-refractivity contribution in [2.45, 2.75) is 33.1 Å². The molecule has 0 saturated heterocycles. The maximum absolute atomic E-state index is 12.9. The van der Waals surface area contributed by atoms with Crippen LogP contribution in [0.5, 0.6) is 0 Å². The van der Waals surface area contributed by atoms with Crippen molar-refractivity contribution in [1.29, 1.82) is 0 Å². The first kappa shape index (κ1) is 16.1.